The number of aliphatic hydroxyl groups excluding tert-OH is 2. The molecule has 0 radical (unpaired) electrons. The highest BCUT2D eigenvalue weighted by atomic mass is 32.2. The third kappa shape index (κ3) is 4.13. The zero-order valence-electron chi connectivity index (χ0n) is 14.9. The Hall–Kier alpha value is -2.42. The van der Waals surface area contributed by atoms with Crippen LogP contribution in [0.3, 0.4) is 0 Å². The molecule has 0 aliphatic heterocycles. The maximum atomic E-state index is 12.5. The van der Waals surface area contributed by atoms with Gasteiger partial charge in [0, 0.05) is 36.2 Å². The van der Waals surface area contributed by atoms with Crippen LogP contribution in [0.5, 0.6) is 0 Å². The minimum Gasteiger partial charge on any atom is -0.399 e. The van der Waals surface area contributed by atoms with Crippen molar-refractivity contribution in [1.29, 1.82) is 0 Å². The minimum atomic E-state index is -3.50. The van der Waals surface area contributed by atoms with Crippen LogP contribution in [0.15, 0.2) is 41.3 Å². The van der Waals surface area contributed by atoms with Crippen LogP contribution in [0.4, 0.5) is 11.4 Å². The Labute approximate surface area is 157 Å². The summed E-state index contributed by atoms with van der Waals surface area (Å²) in [4.78, 5) is 4.81. The molecule has 2 aromatic carbocycles. The lowest BCUT2D eigenvalue weighted by molar-refractivity contribution is 0.292. The first kappa shape index (κ1) is 19.3. The Morgan fingerprint density at radius 1 is 0.963 bits per heavy atom. The fourth-order valence-electron chi connectivity index (χ4n) is 2.99. The number of nitrogens with one attached hydrogen (secondary N) is 1. The van der Waals surface area contributed by atoms with Crippen molar-refractivity contribution in [2.75, 3.05) is 36.6 Å². The summed E-state index contributed by atoms with van der Waals surface area (Å²) in [5.74, 6) is -0.115. The van der Waals surface area contributed by atoms with Gasteiger partial charge in [-0.1, -0.05) is 0 Å². The van der Waals surface area contributed by atoms with Gasteiger partial charge < -0.3 is 21.3 Å². The highest BCUT2D eigenvalue weighted by Gasteiger charge is 2.17. The smallest absolute Gasteiger partial charge is 0.178 e. The number of aliphatic hydroxyl groups is 2. The van der Waals surface area contributed by atoms with Crippen LogP contribution in [-0.2, 0) is 9.84 Å². The molecule has 0 bridgehead atoms. The van der Waals surface area contributed by atoms with Gasteiger partial charge in [-0.15, -0.1) is 0 Å². The van der Waals surface area contributed by atoms with E-state index in [1.54, 1.807) is 30.3 Å². The second kappa shape index (κ2) is 8.08. The first-order valence-electron chi connectivity index (χ1n) is 8.77. The van der Waals surface area contributed by atoms with Gasteiger partial charge >= 0.3 is 0 Å². The lowest BCUT2D eigenvalue weighted by Crippen LogP contribution is -2.09. The van der Waals surface area contributed by atoms with E-state index < -0.39 is 9.84 Å². The van der Waals surface area contributed by atoms with Crippen molar-refractivity contribution in [2.45, 2.75) is 17.7 Å². The number of rotatable bonds is 8. The standard InChI is InChI=1S/C19H23N3O4S/c20-13-3-5-17-15(11-13)19(21-7-1-8-23)16-12-14(4-6-18(16)22-17)27(25,26)10-2-9-24/h3-6,11-12,23-24H,1-2,7-10,20H2,(H,21,22). The van der Waals surface area contributed by atoms with Crippen molar-refractivity contribution in [3.63, 3.8) is 0 Å². The summed E-state index contributed by atoms with van der Waals surface area (Å²) >= 11 is 0. The van der Waals surface area contributed by atoms with E-state index in [1.807, 2.05) is 6.07 Å². The molecule has 1 heterocycles. The Bertz CT molecular complexity index is 1070. The van der Waals surface area contributed by atoms with Crippen LogP contribution in [0.1, 0.15) is 12.8 Å². The molecule has 8 heteroatoms. The molecule has 3 rings (SSSR count). The Morgan fingerprint density at radius 2 is 1.63 bits per heavy atom. The number of hydrogen-bond donors (Lipinski definition) is 4. The number of anilines is 2. The highest BCUT2D eigenvalue weighted by Crippen LogP contribution is 2.33. The lowest BCUT2D eigenvalue weighted by Gasteiger charge is -2.14. The third-order valence-corrected chi connectivity index (χ3v) is 6.13. The molecular weight excluding hydrogens is 366 g/mol. The summed E-state index contributed by atoms with van der Waals surface area (Å²) in [7, 11) is -3.50. The van der Waals surface area contributed by atoms with Crippen LogP contribution < -0.4 is 11.1 Å². The van der Waals surface area contributed by atoms with Gasteiger partial charge in [-0.25, -0.2) is 13.4 Å². The van der Waals surface area contributed by atoms with E-state index in [-0.39, 0.29) is 30.3 Å². The van der Waals surface area contributed by atoms with E-state index in [1.165, 1.54) is 0 Å². The fourth-order valence-corrected chi connectivity index (χ4v) is 4.31. The Balaban J connectivity index is 2.20. The number of nitrogen functional groups attached to an aromatic ring is 1. The summed E-state index contributed by atoms with van der Waals surface area (Å²) in [6, 6.07) is 10.2. The van der Waals surface area contributed by atoms with E-state index >= 15 is 0 Å². The lowest BCUT2D eigenvalue weighted by atomic mass is 10.1. The van der Waals surface area contributed by atoms with Crippen molar-refractivity contribution in [3.8, 4) is 0 Å². The third-order valence-electron chi connectivity index (χ3n) is 4.34. The molecule has 1 aromatic heterocycles. The maximum absolute atomic E-state index is 12.5. The normalized spacial score (nSPS) is 11.9. The van der Waals surface area contributed by atoms with Crippen LogP contribution in [0.25, 0.3) is 21.8 Å². The molecule has 144 valence electrons. The number of nitrogens with zero attached hydrogens (tertiary/aromatic N) is 1. The molecule has 0 spiro atoms. The molecule has 27 heavy (non-hydrogen) atoms. The van der Waals surface area contributed by atoms with E-state index in [2.05, 4.69) is 10.3 Å². The van der Waals surface area contributed by atoms with Crippen LogP contribution >= 0.6 is 0 Å². The zero-order valence-corrected chi connectivity index (χ0v) is 15.7. The average molecular weight is 389 g/mol. The summed E-state index contributed by atoms with van der Waals surface area (Å²) in [5.41, 5.74) is 8.68. The summed E-state index contributed by atoms with van der Waals surface area (Å²) in [6.07, 6.45) is 0.747. The van der Waals surface area contributed by atoms with E-state index in [9.17, 15) is 8.42 Å². The zero-order chi connectivity index (χ0) is 19.4. The summed E-state index contributed by atoms with van der Waals surface area (Å²) in [5, 5.41) is 22.8. The Morgan fingerprint density at radius 3 is 2.33 bits per heavy atom. The number of aromatic nitrogens is 1. The van der Waals surface area contributed by atoms with Gasteiger partial charge in [0.2, 0.25) is 0 Å². The minimum absolute atomic E-state index is 0.0525. The molecule has 0 fully saturated rings. The largest absolute Gasteiger partial charge is 0.399 e. The van der Waals surface area contributed by atoms with Crippen LogP contribution in [0.2, 0.25) is 0 Å². The highest BCUT2D eigenvalue weighted by molar-refractivity contribution is 7.91. The molecular formula is C19H23N3O4S. The second-order valence-electron chi connectivity index (χ2n) is 6.34. The van der Waals surface area contributed by atoms with Crippen LogP contribution in [0, 0.1) is 0 Å². The predicted octanol–water partition coefficient (Wildman–Crippen LogP) is 1.92. The van der Waals surface area contributed by atoms with Crippen molar-refractivity contribution in [3.05, 3.63) is 36.4 Å². The molecule has 0 atom stereocenters. The quantitative estimate of drug-likeness (QED) is 0.263. The monoisotopic (exact) mass is 389 g/mol. The summed E-state index contributed by atoms with van der Waals surface area (Å²) < 4.78 is 25.0. The molecule has 3 aromatic rings. The number of sulfone groups is 1. The molecule has 0 amide bonds. The van der Waals surface area contributed by atoms with Gasteiger partial charge in [0.25, 0.3) is 0 Å². The van der Waals surface area contributed by atoms with Crippen molar-refractivity contribution < 1.29 is 18.6 Å². The number of nitrogens with two attached hydrogens (primary N) is 1. The van der Waals surface area contributed by atoms with Gasteiger partial charge in [-0.3, -0.25) is 0 Å². The molecule has 0 saturated carbocycles. The van der Waals surface area contributed by atoms with Crippen molar-refractivity contribution >= 4 is 43.0 Å². The number of hydrogen-bond acceptors (Lipinski definition) is 7. The van der Waals surface area contributed by atoms with Crippen molar-refractivity contribution in [2.24, 2.45) is 0 Å². The van der Waals surface area contributed by atoms with Crippen molar-refractivity contribution in [1.82, 2.24) is 4.98 Å². The molecule has 5 N–H and O–H groups in total. The van der Waals surface area contributed by atoms with Gasteiger partial charge in [-0.2, -0.15) is 0 Å². The number of fused-ring (bicyclic) bond motifs is 2. The van der Waals surface area contributed by atoms with Gasteiger partial charge in [0.15, 0.2) is 9.84 Å². The van der Waals surface area contributed by atoms with E-state index in [4.69, 9.17) is 15.9 Å². The summed E-state index contributed by atoms with van der Waals surface area (Å²) in [6.45, 7) is 0.407. The molecule has 0 saturated heterocycles. The van der Waals surface area contributed by atoms with Crippen LogP contribution in [-0.4, -0.2) is 49.1 Å². The first-order chi connectivity index (χ1) is 13.0. The van der Waals surface area contributed by atoms with Gasteiger partial charge in [0.1, 0.15) is 0 Å². The SMILES string of the molecule is Nc1ccc2nc3ccc(S(=O)(=O)CCCO)cc3c(NCCCO)c2c1. The molecule has 0 aliphatic rings. The maximum Gasteiger partial charge on any atom is 0.178 e. The van der Waals surface area contributed by atoms with E-state index in [0.717, 1.165) is 16.6 Å². The second-order valence-corrected chi connectivity index (χ2v) is 8.45. The van der Waals surface area contributed by atoms with Gasteiger partial charge in [-0.05, 0) is 49.2 Å². The molecule has 7 nitrogen and oxygen atoms in total. The Kier molecular flexibility index (Phi) is 5.79. The van der Waals surface area contributed by atoms with E-state index in [0.29, 0.717) is 29.6 Å². The average Bonchev–Trinajstić information content (AvgIpc) is 2.66. The fraction of sp³-hybridized carbons (Fsp3) is 0.316. The number of benzene rings is 2. The topological polar surface area (TPSA) is 126 Å². The molecule has 0 aliphatic carbocycles. The first-order valence-corrected chi connectivity index (χ1v) is 10.4. The van der Waals surface area contributed by atoms with Gasteiger partial charge in [0.05, 0.1) is 27.4 Å². The predicted molar refractivity (Wildman–Crippen MR) is 108 cm³/mol. The molecule has 0 unspecified atom stereocenters. The number of pyridine rings is 1.